The molecule has 0 aromatic rings. The molecule has 4 nitrogen and oxygen atoms in total. The first-order valence-electron chi connectivity index (χ1n) is 5.45. The number of ether oxygens (including phenoxy) is 1. The van der Waals surface area contributed by atoms with E-state index < -0.39 is 0 Å². The van der Waals surface area contributed by atoms with E-state index in [-0.39, 0.29) is 11.8 Å². The highest BCUT2D eigenvalue weighted by atomic mass is 16.5. The Kier molecular flexibility index (Phi) is 3.37. The summed E-state index contributed by atoms with van der Waals surface area (Å²) < 4.78 is 5.19. The van der Waals surface area contributed by atoms with E-state index in [1.165, 1.54) is 0 Å². The molecule has 2 aliphatic heterocycles. The normalized spacial score (nSPS) is 32.9. The van der Waals surface area contributed by atoms with Crippen molar-refractivity contribution in [2.24, 2.45) is 5.92 Å². The van der Waals surface area contributed by atoms with Gasteiger partial charge >= 0.3 is 0 Å². The number of carbonyl (C=O) groups excluding carboxylic acids is 1. The van der Waals surface area contributed by atoms with E-state index in [4.69, 9.17) is 4.74 Å². The minimum atomic E-state index is 0.0944. The van der Waals surface area contributed by atoms with Gasteiger partial charge in [-0.2, -0.15) is 0 Å². The Labute approximate surface area is 84.4 Å². The van der Waals surface area contributed by atoms with Crippen LogP contribution in [0.2, 0.25) is 0 Å². The molecule has 2 N–H and O–H groups in total. The highest BCUT2D eigenvalue weighted by molar-refractivity contribution is 5.79. The average Bonchev–Trinajstić information content (AvgIpc) is 2.72. The summed E-state index contributed by atoms with van der Waals surface area (Å²) in [6, 6.07) is 0.330. The first kappa shape index (κ1) is 9.93. The van der Waals surface area contributed by atoms with Gasteiger partial charge in [0.2, 0.25) is 5.91 Å². The lowest BCUT2D eigenvalue weighted by atomic mass is 10.0. The van der Waals surface area contributed by atoms with Crippen LogP contribution in [0.1, 0.15) is 19.3 Å². The van der Waals surface area contributed by atoms with Crippen LogP contribution in [0.4, 0.5) is 0 Å². The van der Waals surface area contributed by atoms with Crippen LogP contribution < -0.4 is 10.6 Å². The molecule has 0 bridgehead atoms. The minimum Gasteiger partial charge on any atom is -0.381 e. The van der Waals surface area contributed by atoms with Gasteiger partial charge in [-0.25, -0.2) is 0 Å². The SMILES string of the molecule is O=C(NC1CCCNC1)C1CCOC1. The van der Waals surface area contributed by atoms with Gasteiger partial charge in [0, 0.05) is 19.2 Å². The largest absolute Gasteiger partial charge is 0.381 e. The number of nitrogens with one attached hydrogen (secondary N) is 2. The number of rotatable bonds is 2. The Bertz CT molecular complexity index is 196. The van der Waals surface area contributed by atoms with Gasteiger partial charge in [0.05, 0.1) is 12.5 Å². The maximum Gasteiger partial charge on any atom is 0.225 e. The second-order valence-electron chi connectivity index (χ2n) is 4.11. The third-order valence-electron chi connectivity index (χ3n) is 2.94. The maximum absolute atomic E-state index is 11.7. The van der Waals surface area contributed by atoms with Crippen molar-refractivity contribution in [1.29, 1.82) is 0 Å². The molecule has 2 atom stereocenters. The lowest BCUT2D eigenvalue weighted by Gasteiger charge is -2.24. The smallest absolute Gasteiger partial charge is 0.225 e. The minimum absolute atomic E-state index is 0.0944. The van der Waals surface area contributed by atoms with Crippen LogP contribution >= 0.6 is 0 Å². The van der Waals surface area contributed by atoms with E-state index in [9.17, 15) is 4.79 Å². The molecular formula is C10H18N2O2. The fourth-order valence-electron chi connectivity index (χ4n) is 2.04. The molecule has 1 amide bonds. The quantitative estimate of drug-likeness (QED) is 0.651. The fraction of sp³-hybridized carbons (Fsp3) is 0.900. The molecule has 0 aliphatic carbocycles. The van der Waals surface area contributed by atoms with Crippen molar-refractivity contribution in [3.05, 3.63) is 0 Å². The van der Waals surface area contributed by atoms with Crippen molar-refractivity contribution >= 4 is 5.91 Å². The molecular weight excluding hydrogens is 180 g/mol. The molecule has 2 heterocycles. The molecule has 0 aromatic heterocycles. The van der Waals surface area contributed by atoms with Crippen molar-refractivity contribution in [3.63, 3.8) is 0 Å². The Morgan fingerprint density at radius 1 is 1.43 bits per heavy atom. The Morgan fingerprint density at radius 2 is 2.36 bits per heavy atom. The molecule has 14 heavy (non-hydrogen) atoms. The van der Waals surface area contributed by atoms with Gasteiger partial charge in [0.15, 0.2) is 0 Å². The van der Waals surface area contributed by atoms with Crippen molar-refractivity contribution in [3.8, 4) is 0 Å². The molecule has 0 spiro atoms. The van der Waals surface area contributed by atoms with Crippen LogP contribution in [0.3, 0.4) is 0 Å². The summed E-state index contributed by atoms with van der Waals surface area (Å²) in [5.41, 5.74) is 0. The first-order chi connectivity index (χ1) is 6.86. The second-order valence-corrected chi connectivity index (χ2v) is 4.11. The average molecular weight is 198 g/mol. The number of amides is 1. The van der Waals surface area contributed by atoms with Crippen molar-refractivity contribution in [2.75, 3.05) is 26.3 Å². The summed E-state index contributed by atoms with van der Waals surface area (Å²) in [4.78, 5) is 11.7. The summed E-state index contributed by atoms with van der Waals surface area (Å²) in [5.74, 6) is 0.271. The number of hydrogen-bond acceptors (Lipinski definition) is 3. The van der Waals surface area contributed by atoms with Crippen LogP contribution in [-0.4, -0.2) is 38.3 Å². The van der Waals surface area contributed by atoms with E-state index in [1.807, 2.05) is 0 Å². The molecule has 2 saturated heterocycles. The van der Waals surface area contributed by atoms with Crippen LogP contribution in [-0.2, 0) is 9.53 Å². The number of hydrogen-bond donors (Lipinski definition) is 2. The van der Waals surface area contributed by atoms with E-state index >= 15 is 0 Å². The van der Waals surface area contributed by atoms with Gasteiger partial charge in [0.25, 0.3) is 0 Å². The molecule has 0 aromatic carbocycles. The van der Waals surface area contributed by atoms with Gasteiger partial charge < -0.3 is 15.4 Å². The molecule has 2 unspecified atom stereocenters. The Hall–Kier alpha value is -0.610. The third kappa shape index (κ3) is 2.45. The predicted molar refractivity (Wildman–Crippen MR) is 53.0 cm³/mol. The molecule has 0 radical (unpaired) electrons. The highest BCUT2D eigenvalue weighted by Crippen LogP contribution is 2.13. The Morgan fingerprint density at radius 3 is 3.00 bits per heavy atom. The molecule has 0 saturated carbocycles. The van der Waals surface area contributed by atoms with E-state index in [1.54, 1.807) is 0 Å². The lowest BCUT2D eigenvalue weighted by molar-refractivity contribution is -0.125. The molecule has 2 rings (SSSR count). The molecule has 80 valence electrons. The van der Waals surface area contributed by atoms with Crippen molar-refractivity contribution < 1.29 is 9.53 Å². The summed E-state index contributed by atoms with van der Waals surface area (Å²) >= 11 is 0. The zero-order chi connectivity index (χ0) is 9.80. The summed E-state index contributed by atoms with van der Waals surface area (Å²) in [6.07, 6.45) is 3.14. The summed E-state index contributed by atoms with van der Waals surface area (Å²) in [6.45, 7) is 3.34. The molecule has 4 heteroatoms. The fourth-order valence-corrected chi connectivity index (χ4v) is 2.04. The highest BCUT2D eigenvalue weighted by Gasteiger charge is 2.25. The van der Waals surface area contributed by atoms with E-state index in [2.05, 4.69) is 10.6 Å². The summed E-state index contributed by atoms with van der Waals surface area (Å²) in [5, 5.41) is 6.36. The van der Waals surface area contributed by atoms with Gasteiger partial charge in [-0.15, -0.1) is 0 Å². The van der Waals surface area contributed by atoms with E-state index in [0.717, 1.165) is 39.0 Å². The third-order valence-corrected chi connectivity index (χ3v) is 2.94. The van der Waals surface area contributed by atoms with Crippen molar-refractivity contribution in [2.45, 2.75) is 25.3 Å². The molecule has 2 aliphatic rings. The van der Waals surface area contributed by atoms with Gasteiger partial charge in [0.1, 0.15) is 0 Å². The van der Waals surface area contributed by atoms with Crippen LogP contribution in [0.25, 0.3) is 0 Å². The van der Waals surface area contributed by atoms with Gasteiger partial charge in [-0.1, -0.05) is 0 Å². The summed E-state index contributed by atoms with van der Waals surface area (Å²) in [7, 11) is 0. The van der Waals surface area contributed by atoms with Crippen LogP contribution in [0.15, 0.2) is 0 Å². The van der Waals surface area contributed by atoms with Gasteiger partial charge in [-0.05, 0) is 25.8 Å². The monoisotopic (exact) mass is 198 g/mol. The lowest BCUT2D eigenvalue weighted by Crippen LogP contribution is -2.47. The first-order valence-corrected chi connectivity index (χ1v) is 5.45. The zero-order valence-corrected chi connectivity index (χ0v) is 8.42. The van der Waals surface area contributed by atoms with Crippen LogP contribution in [0, 0.1) is 5.92 Å². The van der Waals surface area contributed by atoms with E-state index in [0.29, 0.717) is 12.6 Å². The van der Waals surface area contributed by atoms with Gasteiger partial charge in [-0.3, -0.25) is 4.79 Å². The van der Waals surface area contributed by atoms with Crippen molar-refractivity contribution in [1.82, 2.24) is 10.6 Å². The number of piperidine rings is 1. The standard InChI is InChI=1S/C10H18N2O2/c13-10(8-3-5-14-7-8)12-9-2-1-4-11-6-9/h8-9,11H,1-7H2,(H,12,13). The number of carbonyl (C=O) groups is 1. The molecule has 2 fully saturated rings. The topological polar surface area (TPSA) is 50.4 Å². The maximum atomic E-state index is 11.7. The zero-order valence-electron chi connectivity index (χ0n) is 8.42. The second kappa shape index (κ2) is 4.75. The Balaban J connectivity index is 1.75. The van der Waals surface area contributed by atoms with Crippen LogP contribution in [0.5, 0.6) is 0 Å². The predicted octanol–water partition coefficient (Wildman–Crippen LogP) is -0.109.